The van der Waals surface area contributed by atoms with E-state index in [1.165, 1.54) is 0 Å². The van der Waals surface area contributed by atoms with Crippen molar-refractivity contribution in [1.29, 1.82) is 0 Å². The number of carbonyl (C=O) groups excluding carboxylic acids is 1. The van der Waals surface area contributed by atoms with Gasteiger partial charge < -0.3 is 5.73 Å². The van der Waals surface area contributed by atoms with E-state index in [0.717, 1.165) is 5.56 Å². The Morgan fingerprint density at radius 2 is 1.72 bits per heavy atom. The van der Waals surface area contributed by atoms with Crippen LogP contribution in [0.4, 0.5) is 0 Å². The quantitative estimate of drug-likeness (QED) is 0.871. The van der Waals surface area contributed by atoms with Crippen molar-refractivity contribution in [2.45, 2.75) is 6.54 Å². The molecule has 0 unspecified atom stereocenters. The van der Waals surface area contributed by atoms with Gasteiger partial charge in [0.1, 0.15) is 0 Å². The Morgan fingerprint density at radius 3 is 2.33 bits per heavy atom. The fraction of sp³-hybridized carbons (Fsp3) is 0.0714. The Morgan fingerprint density at radius 1 is 1.06 bits per heavy atom. The van der Waals surface area contributed by atoms with Crippen LogP contribution in [0.5, 0.6) is 0 Å². The van der Waals surface area contributed by atoms with Crippen molar-refractivity contribution in [3.8, 4) is 0 Å². The van der Waals surface area contributed by atoms with E-state index in [4.69, 9.17) is 28.9 Å². The molecule has 0 atom stereocenters. The highest BCUT2D eigenvalue weighted by Crippen LogP contribution is 2.27. The van der Waals surface area contributed by atoms with E-state index in [0.29, 0.717) is 22.7 Å². The van der Waals surface area contributed by atoms with Crippen LogP contribution in [-0.2, 0) is 6.54 Å². The molecule has 0 radical (unpaired) electrons. The summed E-state index contributed by atoms with van der Waals surface area (Å²) < 4.78 is 0. The number of nitrogens with two attached hydrogens (primary N) is 1. The van der Waals surface area contributed by atoms with E-state index >= 15 is 0 Å². The molecule has 0 aromatic heterocycles. The minimum absolute atomic E-state index is 0.147. The highest BCUT2D eigenvalue weighted by molar-refractivity contribution is 6.44. The number of hydrogen-bond acceptors (Lipinski definition) is 2. The number of benzene rings is 2. The molecule has 0 aliphatic heterocycles. The zero-order chi connectivity index (χ0) is 13.1. The number of carbonyl (C=O) groups is 1. The molecule has 18 heavy (non-hydrogen) atoms. The largest absolute Gasteiger partial charge is 0.326 e. The van der Waals surface area contributed by atoms with Gasteiger partial charge in [0.05, 0.1) is 10.0 Å². The zero-order valence-corrected chi connectivity index (χ0v) is 11.0. The molecule has 2 rings (SSSR count). The first-order chi connectivity index (χ1) is 8.63. The fourth-order valence-corrected chi connectivity index (χ4v) is 2.01. The van der Waals surface area contributed by atoms with Gasteiger partial charge >= 0.3 is 0 Å². The van der Waals surface area contributed by atoms with Gasteiger partial charge in [0.2, 0.25) is 0 Å². The molecule has 0 amide bonds. The summed E-state index contributed by atoms with van der Waals surface area (Å²) in [6.45, 7) is 0.451. The van der Waals surface area contributed by atoms with Gasteiger partial charge in [-0.2, -0.15) is 0 Å². The lowest BCUT2D eigenvalue weighted by molar-refractivity contribution is 0.103. The first-order valence-electron chi connectivity index (χ1n) is 5.41. The predicted octanol–water partition coefficient (Wildman–Crippen LogP) is 3.68. The highest BCUT2D eigenvalue weighted by Gasteiger charge is 2.14. The van der Waals surface area contributed by atoms with Gasteiger partial charge in [-0.05, 0) is 17.7 Å². The summed E-state index contributed by atoms with van der Waals surface area (Å²) in [6, 6.07) is 12.1. The second kappa shape index (κ2) is 5.53. The molecule has 2 aromatic rings. The molecule has 0 spiro atoms. The van der Waals surface area contributed by atoms with Crippen LogP contribution in [0, 0.1) is 0 Å². The molecule has 0 fully saturated rings. The molecule has 0 saturated heterocycles. The summed E-state index contributed by atoms with van der Waals surface area (Å²) in [7, 11) is 0. The minimum Gasteiger partial charge on any atom is -0.326 e. The van der Waals surface area contributed by atoms with Gasteiger partial charge in [0.25, 0.3) is 0 Å². The molecule has 92 valence electrons. The second-order valence-corrected chi connectivity index (χ2v) is 4.62. The Labute approximate surface area is 115 Å². The van der Waals surface area contributed by atoms with Crippen molar-refractivity contribution in [2.75, 3.05) is 0 Å². The van der Waals surface area contributed by atoms with Crippen molar-refractivity contribution in [2.24, 2.45) is 5.73 Å². The minimum atomic E-state index is -0.147. The average molecular weight is 280 g/mol. The smallest absolute Gasteiger partial charge is 0.194 e. The van der Waals surface area contributed by atoms with Gasteiger partial charge in [-0.3, -0.25) is 4.79 Å². The van der Waals surface area contributed by atoms with Crippen molar-refractivity contribution >= 4 is 29.0 Å². The lowest BCUT2D eigenvalue weighted by Gasteiger charge is -2.05. The summed E-state index contributed by atoms with van der Waals surface area (Å²) in [4.78, 5) is 12.2. The van der Waals surface area contributed by atoms with Gasteiger partial charge in [0, 0.05) is 17.7 Å². The van der Waals surface area contributed by atoms with E-state index in [1.54, 1.807) is 30.3 Å². The fourth-order valence-electron chi connectivity index (χ4n) is 1.63. The predicted molar refractivity (Wildman–Crippen MR) is 74.2 cm³/mol. The summed E-state index contributed by atoms with van der Waals surface area (Å²) >= 11 is 11.9. The van der Waals surface area contributed by atoms with Gasteiger partial charge in [-0.15, -0.1) is 0 Å². The third kappa shape index (κ3) is 2.56. The number of halogens is 2. The summed E-state index contributed by atoms with van der Waals surface area (Å²) in [5, 5.41) is 0.660. The van der Waals surface area contributed by atoms with E-state index < -0.39 is 0 Å². The average Bonchev–Trinajstić information content (AvgIpc) is 2.41. The van der Waals surface area contributed by atoms with Crippen LogP contribution in [0.3, 0.4) is 0 Å². The maximum atomic E-state index is 12.2. The maximum Gasteiger partial charge on any atom is 0.194 e. The van der Waals surface area contributed by atoms with Crippen molar-refractivity contribution < 1.29 is 4.79 Å². The molecule has 0 saturated carbocycles. The molecule has 2 nitrogen and oxygen atoms in total. The molecule has 4 heteroatoms. The van der Waals surface area contributed by atoms with E-state index in [2.05, 4.69) is 0 Å². The molecular weight excluding hydrogens is 269 g/mol. The summed E-state index contributed by atoms with van der Waals surface area (Å²) in [5.74, 6) is -0.147. The molecule has 0 heterocycles. The molecular formula is C14H11Cl2NO. The normalized spacial score (nSPS) is 10.4. The lowest BCUT2D eigenvalue weighted by atomic mass is 10.0. The zero-order valence-electron chi connectivity index (χ0n) is 9.49. The van der Waals surface area contributed by atoms with Crippen LogP contribution in [-0.4, -0.2) is 5.78 Å². The monoisotopic (exact) mass is 279 g/mol. The third-order valence-corrected chi connectivity index (χ3v) is 3.47. The molecule has 0 bridgehead atoms. The summed E-state index contributed by atoms with van der Waals surface area (Å²) in [5.41, 5.74) is 7.46. The number of rotatable bonds is 3. The lowest BCUT2D eigenvalue weighted by Crippen LogP contribution is -2.03. The van der Waals surface area contributed by atoms with E-state index in [9.17, 15) is 4.79 Å². The van der Waals surface area contributed by atoms with Crippen molar-refractivity contribution in [1.82, 2.24) is 0 Å². The van der Waals surface area contributed by atoms with Crippen LogP contribution in [0.1, 0.15) is 21.5 Å². The molecule has 2 N–H and O–H groups in total. The first kappa shape index (κ1) is 13.1. The van der Waals surface area contributed by atoms with Crippen LogP contribution < -0.4 is 5.73 Å². The molecule has 0 aliphatic carbocycles. The summed E-state index contributed by atoms with van der Waals surface area (Å²) in [6.07, 6.45) is 0. The number of ketones is 1. The van der Waals surface area contributed by atoms with Crippen molar-refractivity contribution in [3.63, 3.8) is 0 Å². The molecule has 2 aromatic carbocycles. The standard InChI is InChI=1S/C14H11Cl2NO/c15-12-3-1-2-11(13(12)16)14(18)10-6-4-9(8-17)5-7-10/h1-7H,8,17H2. The maximum absolute atomic E-state index is 12.2. The Kier molecular flexibility index (Phi) is 4.02. The van der Waals surface area contributed by atoms with Gasteiger partial charge in [-0.25, -0.2) is 0 Å². The Hall–Kier alpha value is -1.35. The van der Waals surface area contributed by atoms with Gasteiger partial charge in [-0.1, -0.05) is 53.5 Å². The van der Waals surface area contributed by atoms with E-state index in [1.807, 2.05) is 12.1 Å². The van der Waals surface area contributed by atoms with Crippen LogP contribution in [0.2, 0.25) is 10.0 Å². The van der Waals surface area contributed by atoms with Crippen LogP contribution in [0.15, 0.2) is 42.5 Å². The highest BCUT2D eigenvalue weighted by atomic mass is 35.5. The SMILES string of the molecule is NCc1ccc(C(=O)c2cccc(Cl)c2Cl)cc1. The van der Waals surface area contributed by atoms with Crippen LogP contribution >= 0.6 is 23.2 Å². The Balaban J connectivity index is 2.38. The van der Waals surface area contributed by atoms with E-state index in [-0.39, 0.29) is 10.8 Å². The third-order valence-electron chi connectivity index (χ3n) is 2.65. The van der Waals surface area contributed by atoms with Crippen molar-refractivity contribution in [3.05, 3.63) is 69.2 Å². The van der Waals surface area contributed by atoms with Crippen LogP contribution in [0.25, 0.3) is 0 Å². The Bertz CT molecular complexity index is 579. The molecule has 0 aliphatic rings. The van der Waals surface area contributed by atoms with Gasteiger partial charge in [0.15, 0.2) is 5.78 Å². The number of hydrogen-bond donors (Lipinski definition) is 1. The topological polar surface area (TPSA) is 43.1 Å². The second-order valence-electron chi connectivity index (χ2n) is 3.83. The first-order valence-corrected chi connectivity index (χ1v) is 6.17.